The van der Waals surface area contributed by atoms with Gasteiger partial charge in [-0.2, -0.15) is 10.2 Å². The van der Waals surface area contributed by atoms with Crippen molar-refractivity contribution in [1.29, 1.82) is 0 Å². The molecule has 1 amide bonds. The first-order chi connectivity index (χ1) is 6.22. The topological polar surface area (TPSA) is 53.8 Å². The maximum atomic E-state index is 10.9. The molecule has 0 spiro atoms. The first kappa shape index (κ1) is 9.72. The molecule has 0 atom stereocenters. The van der Waals surface area contributed by atoms with Crippen molar-refractivity contribution >= 4 is 5.91 Å². The molecule has 0 radical (unpaired) electrons. The Bertz CT molecular complexity index is 259. The predicted octanol–water partition coefficient (Wildman–Crippen LogP) is 1.09. The van der Waals surface area contributed by atoms with Crippen LogP contribution in [0.2, 0.25) is 0 Å². The average molecular weight is 179 g/mol. The Morgan fingerprint density at radius 1 is 1.54 bits per heavy atom. The predicted molar refractivity (Wildman–Crippen MR) is 49.0 cm³/mol. The van der Waals surface area contributed by atoms with Gasteiger partial charge in [-0.15, -0.1) is 12.3 Å². The van der Waals surface area contributed by atoms with Crippen LogP contribution in [0.3, 0.4) is 0 Å². The van der Waals surface area contributed by atoms with Gasteiger partial charge in [-0.25, -0.2) is 0 Å². The highest BCUT2D eigenvalue weighted by Gasteiger charge is 2.38. The molecule has 70 valence electrons. The van der Waals surface area contributed by atoms with Crippen molar-refractivity contribution in [1.82, 2.24) is 5.32 Å². The van der Waals surface area contributed by atoms with Gasteiger partial charge in [0.05, 0.1) is 0 Å². The third-order valence-corrected chi connectivity index (χ3v) is 2.08. The van der Waals surface area contributed by atoms with Crippen molar-refractivity contribution in [2.24, 2.45) is 10.2 Å². The van der Waals surface area contributed by atoms with Gasteiger partial charge in [-0.3, -0.25) is 4.79 Å². The van der Waals surface area contributed by atoms with Gasteiger partial charge in [0, 0.05) is 32.7 Å². The lowest BCUT2D eigenvalue weighted by Gasteiger charge is -2.06. The van der Waals surface area contributed by atoms with E-state index in [-0.39, 0.29) is 11.6 Å². The van der Waals surface area contributed by atoms with Gasteiger partial charge in [0.2, 0.25) is 5.91 Å². The number of amides is 1. The van der Waals surface area contributed by atoms with Crippen molar-refractivity contribution < 1.29 is 4.79 Å². The van der Waals surface area contributed by atoms with E-state index in [1.807, 2.05) is 0 Å². The Balaban J connectivity index is 2.21. The number of rotatable bonds is 5. The van der Waals surface area contributed by atoms with Crippen LogP contribution in [0, 0.1) is 12.3 Å². The smallest absolute Gasteiger partial charge is 0.219 e. The minimum absolute atomic E-state index is 0.0254. The lowest BCUT2D eigenvalue weighted by Crippen LogP contribution is -2.21. The number of carbonyl (C=O) groups is 1. The number of carbonyl (C=O) groups excluding carboxylic acids is 1. The molecule has 0 aromatic heterocycles. The van der Waals surface area contributed by atoms with Crippen molar-refractivity contribution in [2.45, 2.75) is 31.3 Å². The fourth-order valence-electron chi connectivity index (χ4n) is 1.11. The summed E-state index contributed by atoms with van der Waals surface area (Å²) in [5.41, 5.74) is -0.321. The zero-order valence-corrected chi connectivity index (χ0v) is 7.71. The van der Waals surface area contributed by atoms with Crippen molar-refractivity contribution in [3.63, 3.8) is 0 Å². The SMILES string of the molecule is C#CCCC1(CCC(=O)NC)N=N1. The molecule has 1 aliphatic rings. The summed E-state index contributed by atoms with van der Waals surface area (Å²) in [5, 5.41) is 10.4. The number of hydrogen-bond donors (Lipinski definition) is 1. The second-order valence-electron chi connectivity index (χ2n) is 3.06. The van der Waals surface area contributed by atoms with E-state index < -0.39 is 0 Å². The van der Waals surface area contributed by atoms with Gasteiger partial charge < -0.3 is 5.32 Å². The van der Waals surface area contributed by atoms with E-state index in [0.717, 1.165) is 6.42 Å². The van der Waals surface area contributed by atoms with E-state index in [0.29, 0.717) is 19.3 Å². The molecular formula is C9H13N3O. The largest absolute Gasteiger partial charge is 0.359 e. The molecular weight excluding hydrogens is 166 g/mol. The zero-order valence-electron chi connectivity index (χ0n) is 7.71. The van der Waals surface area contributed by atoms with Crippen molar-refractivity contribution in [3.8, 4) is 12.3 Å². The molecule has 0 bridgehead atoms. The first-order valence-electron chi connectivity index (χ1n) is 4.30. The monoisotopic (exact) mass is 179 g/mol. The van der Waals surface area contributed by atoms with Crippen LogP contribution in [-0.2, 0) is 4.79 Å². The summed E-state index contributed by atoms with van der Waals surface area (Å²) in [5.74, 6) is 2.57. The van der Waals surface area contributed by atoms with Crippen LogP contribution in [0.15, 0.2) is 10.2 Å². The molecule has 0 saturated heterocycles. The van der Waals surface area contributed by atoms with Crippen LogP contribution in [0.25, 0.3) is 0 Å². The highest BCUT2D eigenvalue weighted by Crippen LogP contribution is 2.37. The van der Waals surface area contributed by atoms with Crippen molar-refractivity contribution in [3.05, 3.63) is 0 Å². The van der Waals surface area contributed by atoms with E-state index in [9.17, 15) is 4.79 Å². The minimum Gasteiger partial charge on any atom is -0.359 e. The zero-order chi connectivity index (χ0) is 9.73. The molecule has 13 heavy (non-hydrogen) atoms. The van der Waals surface area contributed by atoms with Crippen LogP contribution in [0.5, 0.6) is 0 Å². The summed E-state index contributed by atoms with van der Waals surface area (Å²) in [6.45, 7) is 0. The first-order valence-corrected chi connectivity index (χ1v) is 4.30. The Hall–Kier alpha value is -1.37. The summed E-state index contributed by atoms with van der Waals surface area (Å²) in [6, 6.07) is 0. The average Bonchev–Trinajstić information content (AvgIpc) is 2.92. The van der Waals surface area contributed by atoms with Crippen LogP contribution in [-0.4, -0.2) is 18.6 Å². The lowest BCUT2D eigenvalue weighted by atomic mass is 10.0. The number of nitrogens with zero attached hydrogens (tertiary/aromatic N) is 2. The van der Waals surface area contributed by atoms with Crippen molar-refractivity contribution in [2.75, 3.05) is 7.05 Å². The van der Waals surface area contributed by atoms with E-state index >= 15 is 0 Å². The molecule has 1 rings (SSSR count). The van der Waals surface area contributed by atoms with E-state index in [1.54, 1.807) is 7.05 Å². The summed E-state index contributed by atoms with van der Waals surface area (Å²) >= 11 is 0. The highest BCUT2D eigenvalue weighted by atomic mass is 16.1. The Morgan fingerprint density at radius 2 is 2.23 bits per heavy atom. The normalized spacial score (nSPS) is 16.3. The van der Waals surface area contributed by atoms with Gasteiger partial charge in [0.25, 0.3) is 0 Å². The molecule has 1 aliphatic heterocycles. The standard InChI is InChI=1S/C9H13N3O/c1-3-4-6-9(11-12-9)7-5-8(13)10-2/h1H,4-7H2,2H3,(H,10,13). The van der Waals surface area contributed by atoms with Crippen LogP contribution in [0.4, 0.5) is 0 Å². The molecule has 0 fully saturated rings. The molecule has 0 aromatic rings. The summed E-state index contributed by atoms with van der Waals surface area (Å²) in [7, 11) is 1.62. The molecule has 0 saturated carbocycles. The third-order valence-electron chi connectivity index (χ3n) is 2.08. The second-order valence-corrected chi connectivity index (χ2v) is 3.06. The van der Waals surface area contributed by atoms with Gasteiger partial charge >= 0.3 is 0 Å². The third kappa shape index (κ3) is 2.86. The summed E-state index contributed by atoms with van der Waals surface area (Å²) < 4.78 is 0. The van der Waals surface area contributed by atoms with E-state index in [1.165, 1.54) is 0 Å². The Kier molecular flexibility index (Phi) is 3.02. The molecule has 1 N–H and O–H groups in total. The molecule has 4 nitrogen and oxygen atoms in total. The van der Waals surface area contributed by atoms with E-state index in [4.69, 9.17) is 6.42 Å². The quantitative estimate of drug-likeness (QED) is 0.631. The number of terminal acetylenes is 1. The summed E-state index contributed by atoms with van der Waals surface area (Å²) in [4.78, 5) is 10.9. The van der Waals surface area contributed by atoms with Crippen LogP contribution >= 0.6 is 0 Å². The van der Waals surface area contributed by atoms with E-state index in [2.05, 4.69) is 21.5 Å². The van der Waals surface area contributed by atoms with Gasteiger partial charge in [-0.1, -0.05) is 0 Å². The Labute approximate surface area is 77.8 Å². The molecule has 4 heteroatoms. The fourth-order valence-corrected chi connectivity index (χ4v) is 1.11. The van der Waals surface area contributed by atoms with Crippen LogP contribution in [0.1, 0.15) is 25.7 Å². The number of nitrogens with one attached hydrogen (secondary N) is 1. The molecule has 1 heterocycles. The maximum absolute atomic E-state index is 10.9. The lowest BCUT2D eigenvalue weighted by molar-refractivity contribution is -0.120. The van der Waals surface area contributed by atoms with Gasteiger partial charge in [0.15, 0.2) is 5.66 Å². The Morgan fingerprint density at radius 3 is 2.69 bits per heavy atom. The van der Waals surface area contributed by atoms with Crippen LogP contribution < -0.4 is 5.32 Å². The number of hydrogen-bond acceptors (Lipinski definition) is 3. The molecule has 0 aliphatic carbocycles. The minimum atomic E-state index is -0.321. The molecule has 0 unspecified atom stereocenters. The fraction of sp³-hybridized carbons (Fsp3) is 0.667. The maximum Gasteiger partial charge on any atom is 0.219 e. The summed E-state index contributed by atoms with van der Waals surface area (Å²) in [6.07, 6.45) is 7.71. The highest BCUT2D eigenvalue weighted by molar-refractivity contribution is 5.75. The van der Waals surface area contributed by atoms with Gasteiger partial charge in [-0.05, 0) is 0 Å². The molecule has 0 aromatic carbocycles. The van der Waals surface area contributed by atoms with Gasteiger partial charge in [0.1, 0.15) is 0 Å². The second kappa shape index (κ2) is 4.04.